The van der Waals surface area contributed by atoms with Gasteiger partial charge in [0.05, 0.1) is 0 Å². The van der Waals surface area contributed by atoms with Gasteiger partial charge in [-0.3, -0.25) is 0 Å². The Morgan fingerprint density at radius 2 is 2.06 bits per heavy atom. The number of rotatable bonds is 6. The lowest BCUT2D eigenvalue weighted by molar-refractivity contribution is 0.301. The molecule has 1 aromatic carbocycles. The van der Waals surface area contributed by atoms with Crippen LogP contribution in [0.25, 0.3) is 0 Å². The smallest absolute Gasteiger partial charge is 0.108 e. The van der Waals surface area contributed by atoms with E-state index in [4.69, 9.17) is 0 Å². The van der Waals surface area contributed by atoms with Gasteiger partial charge in [-0.15, -0.1) is 4.91 Å². The SMILES string of the molecule is CCC(c1cccc(N=O)c1)C(C)CN(C)C. The molecule has 1 aromatic rings. The van der Waals surface area contributed by atoms with Crippen LogP contribution in [-0.4, -0.2) is 25.5 Å². The summed E-state index contributed by atoms with van der Waals surface area (Å²) in [6.45, 7) is 5.50. The highest BCUT2D eigenvalue weighted by molar-refractivity contribution is 5.41. The Kier molecular flexibility index (Phi) is 5.29. The van der Waals surface area contributed by atoms with Crippen molar-refractivity contribution in [2.75, 3.05) is 20.6 Å². The van der Waals surface area contributed by atoms with Gasteiger partial charge in [0.1, 0.15) is 5.69 Å². The van der Waals surface area contributed by atoms with E-state index < -0.39 is 0 Å². The molecule has 0 saturated heterocycles. The summed E-state index contributed by atoms with van der Waals surface area (Å²) in [7, 11) is 4.18. The zero-order valence-corrected chi connectivity index (χ0v) is 11.2. The molecule has 1 rings (SSSR count). The summed E-state index contributed by atoms with van der Waals surface area (Å²) in [5, 5.41) is 3.01. The van der Waals surface area contributed by atoms with Gasteiger partial charge in [-0.05, 0) is 55.2 Å². The highest BCUT2D eigenvalue weighted by Crippen LogP contribution is 2.30. The van der Waals surface area contributed by atoms with E-state index in [1.54, 1.807) is 6.07 Å². The largest absolute Gasteiger partial charge is 0.309 e. The zero-order valence-electron chi connectivity index (χ0n) is 11.2. The Hall–Kier alpha value is -1.22. The van der Waals surface area contributed by atoms with Crippen molar-refractivity contribution in [3.63, 3.8) is 0 Å². The average Bonchev–Trinajstić information content (AvgIpc) is 2.29. The maximum absolute atomic E-state index is 10.6. The third-order valence-electron chi connectivity index (χ3n) is 3.18. The molecule has 0 fully saturated rings. The van der Waals surface area contributed by atoms with Gasteiger partial charge in [0.2, 0.25) is 0 Å². The van der Waals surface area contributed by atoms with E-state index in [1.807, 2.05) is 12.1 Å². The summed E-state index contributed by atoms with van der Waals surface area (Å²) in [5.74, 6) is 1.05. The fraction of sp³-hybridized carbons (Fsp3) is 0.571. The second kappa shape index (κ2) is 6.50. The van der Waals surface area contributed by atoms with Crippen LogP contribution in [0.2, 0.25) is 0 Å². The summed E-state index contributed by atoms with van der Waals surface area (Å²) in [6, 6.07) is 7.67. The monoisotopic (exact) mass is 234 g/mol. The Morgan fingerprint density at radius 3 is 2.59 bits per heavy atom. The minimum absolute atomic E-state index is 0.485. The van der Waals surface area contributed by atoms with Crippen LogP contribution in [0.15, 0.2) is 29.4 Å². The van der Waals surface area contributed by atoms with Crippen molar-refractivity contribution in [2.45, 2.75) is 26.2 Å². The first-order valence-electron chi connectivity index (χ1n) is 6.16. The number of benzene rings is 1. The fourth-order valence-corrected chi connectivity index (χ4v) is 2.48. The first-order valence-corrected chi connectivity index (χ1v) is 6.16. The van der Waals surface area contributed by atoms with Crippen molar-refractivity contribution >= 4 is 5.69 Å². The molecule has 0 amide bonds. The molecule has 0 aliphatic carbocycles. The van der Waals surface area contributed by atoms with Gasteiger partial charge in [0.25, 0.3) is 0 Å². The lowest BCUT2D eigenvalue weighted by Gasteiger charge is -2.26. The molecule has 0 aliphatic rings. The molecule has 0 aliphatic heterocycles. The summed E-state index contributed by atoms with van der Waals surface area (Å²) < 4.78 is 0. The highest BCUT2D eigenvalue weighted by atomic mass is 16.3. The predicted octanol–water partition coefficient (Wildman–Crippen LogP) is 3.78. The van der Waals surface area contributed by atoms with E-state index in [9.17, 15) is 4.91 Å². The van der Waals surface area contributed by atoms with Crippen molar-refractivity contribution in [3.05, 3.63) is 34.7 Å². The summed E-state index contributed by atoms with van der Waals surface area (Å²) in [4.78, 5) is 12.8. The van der Waals surface area contributed by atoms with Crippen molar-refractivity contribution in [1.82, 2.24) is 4.90 Å². The van der Waals surface area contributed by atoms with Crippen molar-refractivity contribution in [3.8, 4) is 0 Å². The Bertz CT molecular complexity index is 363. The second-order valence-electron chi connectivity index (χ2n) is 4.94. The topological polar surface area (TPSA) is 32.7 Å². The molecule has 0 spiro atoms. The van der Waals surface area contributed by atoms with E-state index in [0.717, 1.165) is 13.0 Å². The van der Waals surface area contributed by atoms with Gasteiger partial charge in [0, 0.05) is 6.54 Å². The van der Waals surface area contributed by atoms with Crippen LogP contribution < -0.4 is 0 Å². The minimum atomic E-state index is 0.485. The number of nitrogens with zero attached hydrogens (tertiary/aromatic N) is 2. The molecule has 2 unspecified atom stereocenters. The molecule has 94 valence electrons. The van der Waals surface area contributed by atoms with E-state index in [2.05, 4.69) is 44.1 Å². The maximum atomic E-state index is 10.6. The van der Waals surface area contributed by atoms with Crippen LogP contribution in [0, 0.1) is 10.8 Å². The van der Waals surface area contributed by atoms with Gasteiger partial charge in [-0.2, -0.15) is 0 Å². The second-order valence-corrected chi connectivity index (χ2v) is 4.94. The van der Waals surface area contributed by atoms with Crippen LogP contribution in [-0.2, 0) is 0 Å². The zero-order chi connectivity index (χ0) is 12.8. The molecular formula is C14H22N2O. The molecule has 3 heteroatoms. The Labute approximate surface area is 104 Å². The summed E-state index contributed by atoms with van der Waals surface area (Å²) in [6.07, 6.45) is 1.08. The van der Waals surface area contributed by atoms with E-state index in [0.29, 0.717) is 17.5 Å². The number of hydrogen-bond acceptors (Lipinski definition) is 3. The van der Waals surface area contributed by atoms with Crippen LogP contribution in [0.4, 0.5) is 5.69 Å². The molecule has 3 nitrogen and oxygen atoms in total. The van der Waals surface area contributed by atoms with Crippen LogP contribution in [0.1, 0.15) is 31.7 Å². The van der Waals surface area contributed by atoms with Gasteiger partial charge in [-0.1, -0.05) is 26.0 Å². The Balaban J connectivity index is 2.88. The third-order valence-corrected chi connectivity index (χ3v) is 3.18. The fourth-order valence-electron chi connectivity index (χ4n) is 2.48. The van der Waals surface area contributed by atoms with Crippen LogP contribution in [0.5, 0.6) is 0 Å². The van der Waals surface area contributed by atoms with Crippen LogP contribution in [0.3, 0.4) is 0 Å². The summed E-state index contributed by atoms with van der Waals surface area (Å²) >= 11 is 0. The maximum Gasteiger partial charge on any atom is 0.108 e. The molecule has 2 atom stereocenters. The average molecular weight is 234 g/mol. The normalized spacial score (nSPS) is 14.6. The van der Waals surface area contributed by atoms with E-state index in [-0.39, 0.29) is 0 Å². The molecule has 0 saturated carbocycles. The standard InChI is InChI=1S/C14H22N2O/c1-5-14(11(2)10-16(3)4)12-7-6-8-13(9-12)15-17/h6-9,11,14H,5,10H2,1-4H3. The first-order chi connectivity index (χ1) is 8.08. The van der Waals surface area contributed by atoms with Gasteiger partial charge in [-0.25, -0.2) is 0 Å². The molecule has 17 heavy (non-hydrogen) atoms. The van der Waals surface area contributed by atoms with E-state index >= 15 is 0 Å². The first kappa shape index (κ1) is 13.8. The van der Waals surface area contributed by atoms with Gasteiger partial charge in [0.15, 0.2) is 0 Å². The molecule has 0 N–H and O–H groups in total. The lowest BCUT2D eigenvalue weighted by Crippen LogP contribution is -2.24. The van der Waals surface area contributed by atoms with Gasteiger partial charge >= 0.3 is 0 Å². The van der Waals surface area contributed by atoms with Crippen molar-refractivity contribution in [2.24, 2.45) is 11.1 Å². The predicted molar refractivity (Wildman–Crippen MR) is 72.6 cm³/mol. The van der Waals surface area contributed by atoms with E-state index in [1.165, 1.54) is 5.56 Å². The Morgan fingerprint density at radius 1 is 1.35 bits per heavy atom. The molecule has 0 bridgehead atoms. The third kappa shape index (κ3) is 3.93. The van der Waals surface area contributed by atoms with Crippen molar-refractivity contribution < 1.29 is 0 Å². The molecule has 0 aromatic heterocycles. The van der Waals surface area contributed by atoms with Crippen molar-refractivity contribution in [1.29, 1.82) is 0 Å². The lowest BCUT2D eigenvalue weighted by atomic mass is 9.85. The van der Waals surface area contributed by atoms with Crippen LogP contribution >= 0.6 is 0 Å². The molecule has 0 radical (unpaired) electrons. The molecular weight excluding hydrogens is 212 g/mol. The highest BCUT2D eigenvalue weighted by Gasteiger charge is 2.18. The quantitative estimate of drug-likeness (QED) is 0.702. The molecule has 0 heterocycles. The minimum Gasteiger partial charge on any atom is -0.309 e. The number of nitroso groups, excluding NO2 is 1. The van der Waals surface area contributed by atoms with Gasteiger partial charge < -0.3 is 4.90 Å². The number of hydrogen-bond donors (Lipinski definition) is 0. The summed E-state index contributed by atoms with van der Waals surface area (Å²) in [5.41, 5.74) is 1.75.